The number of aromatic nitrogens is 4. The molecule has 1 saturated carbocycles. The highest BCUT2D eigenvalue weighted by atomic mass is 35.5. The van der Waals surface area contributed by atoms with Gasteiger partial charge in [-0.3, -0.25) is 0 Å². The first-order valence-electron chi connectivity index (χ1n) is 4.71. The lowest BCUT2D eigenvalue weighted by atomic mass is 9.83. The van der Waals surface area contributed by atoms with Crippen LogP contribution in [0.1, 0.15) is 31.5 Å². The van der Waals surface area contributed by atoms with Crippen LogP contribution >= 0.6 is 11.6 Å². The molecule has 13 heavy (non-hydrogen) atoms. The highest BCUT2D eigenvalue weighted by molar-refractivity contribution is 6.16. The molecular formula is C8H13ClN4. The number of halogens is 1. The molecule has 0 aromatic carbocycles. The van der Waals surface area contributed by atoms with Gasteiger partial charge in [0.2, 0.25) is 0 Å². The van der Waals surface area contributed by atoms with Crippen LogP contribution in [0.3, 0.4) is 0 Å². The minimum absolute atomic E-state index is 0.400. The maximum atomic E-state index is 5.67. The lowest BCUT2D eigenvalue weighted by molar-refractivity contribution is 0.276. The van der Waals surface area contributed by atoms with Crippen molar-refractivity contribution in [3.8, 4) is 0 Å². The van der Waals surface area contributed by atoms with E-state index < -0.39 is 0 Å². The molecule has 0 radical (unpaired) electrons. The fourth-order valence-corrected chi connectivity index (χ4v) is 1.77. The quantitative estimate of drug-likeness (QED) is 0.694. The fraction of sp³-hybridized carbons (Fsp3) is 0.875. The summed E-state index contributed by atoms with van der Waals surface area (Å²) in [6.07, 6.45) is 5.33. The van der Waals surface area contributed by atoms with Crippen molar-refractivity contribution in [2.24, 2.45) is 5.92 Å². The molecule has 0 aliphatic heterocycles. The maximum Gasteiger partial charge on any atom is 0.165 e. The highest BCUT2D eigenvalue weighted by Crippen LogP contribution is 2.29. The topological polar surface area (TPSA) is 43.6 Å². The van der Waals surface area contributed by atoms with Gasteiger partial charge in [0.05, 0.1) is 5.88 Å². The normalized spacial score (nSPS) is 17.3. The summed E-state index contributed by atoms with van der Waals surface area (Å²) in [7, 11) is 0. The van der Waals surface area contributed by atoms with E-state index in [4.69, 9.17) is 11.6 Å². The van der Waals surface area contributed by atoms with E-state index in [-0.39, 0.29) is 0 Å². The number of rotatable bonds is 4. The highest BCUT2D eigenvalue weighted by Gasteiger charge is 2.17. The zero-order valence-corrected chi connectivity index (χ0v) is 8.24. The van der Waals surface area contributed by atoms with Crippen LogP contribution in [0, 0.1) is 5.92 Å². The number of hydrogen-bond donors (Lipinski definition) is 0. The fourth-order valence-electron chi connectivity index (χ4n) is 1.58. The van der Waals surface area contributed by atoms with Crippen LogP contribution in [0.25, 0.3) is 0 Å². The smallest absolute Gasteiger partial charge is 0.165 e. The number of aryl methyl sites for hydroxylation is 1. The Kier molecular flexibility index (Phi) is 2.78. The van der Waals surface area contributed by atoms with Gasteiger partial charge >= 0.3 is 0 Å². The molecule has 1 aliphatic carbocycles. The number of tetrazole rings is 1. The Balaban J connectivity index is 1.85. The van der Waals surface area contributed by atoms with Crippen LogP contribution in [0.4, 0.5) is 0 Å². The summed E-state index contributed by atoms with van der Waals surface area (Å²) in [5.74, 6) is 2.07. The van der Waals surface area contributed by atoms with Gasteiger partial charge in [0.15, 0.2) is 5.82 Å². The summed E-state index contributed by atoms with van der Waals surface area (Å²) in [5, 5.41) is 11.3. The molecule has 1 aromatic heterocycles. The summed E-state index contributed by atoms with van der Waals surface area (Å²) in [4.78, 5) is 0. The summed E-state index contributed by atoms with van der Waals surface area (Å²) < 4.78 is 1.81. The molecule has 1 aliphatic rings. The second kappa shape index (κ2) is 4.05. The van der Waals surface area contributed by atoms with Crippen LogP contribution in [-0.4, -0.2) is 20.2 Å². The Morgan fingerprint density at radius 1 is 1.46 bits per heavy atom. The second-order valence-corrected chi connectivity index (χ2v) is 3.80. The predicted octanol–water partition coefficient (Wildman–Crippen LogP) is 1.60. The molecule has 0 atom stereocenters. The third-order valence-corrected chi connectivity index (χ3v) is 2.94. The predicted molar refractivity (Wildman–Crippen MR) is 49.3 cm³/mol. The van der Waals surface area contributed by atoms with Crippen LogP contribution in [0.5, 0.6) is 0 Å². The zero-order chi connectivity index (χ0) is 9.10. The van der Waals surface area contributed by atoms with Gasteiger partial charge in [-0.1, -0.05) is 19.3 Å². The average Bonchev–Trinajstić information content (AvgIpc) is 2.49. The first kappa shape index (κ1) is 8.94. The Bertz CT molecular complexity index is 269. The molecule has 0 bridgehead atoms. The molecule has 1 heterocycles. The van der Waals surface area contributed by atoms with E-state index in [0.717, 1.165) is 18.3 Å². The second-order valence-electron chi connectivity index (χ2n) is 3.54. The van der Waals surface area contributed by atoms with Gasteiger partial charge in [-0.25, -0.2) is 4.68 Å². The van der Waals surface area contributed by atoms with E-state index in [1.54, 1.807) is 0 Å². The van der Waals surface area contributed by atoms with Crippen molar-refractivity contribution in [3.63, 3.8) is 0 Å². The molecule has 5 heteroatoms. The molecule has 0 amide bonds. The number of nitrogens with zero attached hydrogens (tertiary/aromatic N) is 4. The van der Waals surface area contributed by atoms with Gasteiger partial charge in [-0.05, 0) is 22.8 Å². The van der Waals surface area contributed by atoms with Crippen molar-refractivity contribution in [1.82, 2.24) is 20.2 Å². The van der Waals surface area contributed by atoms with Gasteiger partial charge in [-0.15, -0.1) is 16.7 Å². The molecule has 0 spiro atoms. The minimum Gasteiger partial charge on any atom is -0.228 e. The largest absolute Gasteiger partial charge is 0.228 e. The monoisotopic (exact) mass is 200 g/mol. The van der Waals surface area contributed by atoms with Crippen molar-refractivity contribution >= 4 is 11.6 Å². The van der Waals surface area contributed by atoms with Crippen molar-refractivity contribution in [3.05, 3.63) is 5.82 Å². The molecule has 0 saturated heterocycles. The third-order valence-electron chi connectivity index (χ3n) is 2.70. The van der Waals surface area contributed by atoms with E-state index in [1.165, 1.54) is 25.7 Å². The zero-order valence-electron chi connectivity index (χ0n) is 7.49. The van der Waals surface area contributed by atoms with E-state index in [1.807, 2.05) is 4.68 Å². The van der Waals surface area contributed by atoms with E-state index in [0.29, 0.717) is 5.88 Å². The van der Waals surface area contributed by atoms with Crippen LogP contribution < -0.4 is 0 Å². The summed E-state index contributed by atoms with van der Waals surface area (Å²) >= 11 is 5.67. The Morgan fingerprint density at radius 2 is 2.31 bits per heavy atom. The van der Waals surface area contributed by atoms with Crippen LogP contribution in [0.2, 0.25) is 0 Å². The summed E-state index contributed by atoms with van der Waals surface area (Å²) in [6, 6.07) is 0. The first-order valence-corrected chi connectivity index (χ1v) is 5.24. The van der Waals surface area contributed by atoms with Gasteiger partial charge in [0, 0.05) is 6.54 Å². The third kappa shape index (κ3) is 1.99. The Labute approximate surface area is 82.3 Å². The molecule has 1 aromatic rings. The minimum atomic E-state index is 0.400. The number of hydrogen-bond acceptors (Lipinski definition) is 3. The maximum absolute atomic E-state index is 5.67. The van der Waals surface area contributed by atoms with Crippen molar-refractivity contribution in [1.29, 1.82) is 0 Å². The van der Waals surface area contributed by atoms with Gasteiger partial charge in [-0.2, -0.15) is 0 Å². The molecule has 4 nitrogen and oxygen atoms in total. The van der Waals surface area contributed by atoms with Gasteiger partial charge < -0.3 is 0 Å². The summed E-state index contributed by atoms with van der Waals surface area (Å²) in [5.41, 5.74) is 0. The lowest BCUT2D eigenvalue weighted by Gasteiger charge is -2.24. The molecule has 0 unspecified atom stereocenters. The molecule has 0 N–H and O–H groups in total. The van der Waals surface area contributed by atoms with Gasteiger partial charge in [0.1, 0.15) is 0 Å². The number of alkyl halides is 1. The Hall–Kier alpha value is -0.640. The summed E-state index contributed by atoms with van der Waals surface area (Å²) in [6.45, 7) is 0.916. The van der Waals surface area contributed by atoms with Crippen LogP contribution in [0.15, 0.2) is 0 Å². The first-order chi connectivity index (χ1) is 6.40. The Morgan fingerprint density at radius 3 is 2.92 bits per heavy atom. The average molecular weight is 201 g/mol. The lowest BCUT2D eigenvalue weighted by Crippen LogP contribution is -2.15. The van der Waals surface area contributed by atoms with Crippen molar-refractivity contribution in [2.75, 3.05) is 0 Å². The van der Waals surface area contributed by atoms with Crippen LogP contribution in [-0.2, 0) is 12.4 Å². The molecule has 72 valence electrons. The molecule has 1 fully saturated rings. The standard InChI is InChI=1S/C8H13ClN4/c9-6-8-10-11-12-13(8)5-4-7-2-1-3-7/h7H,1-6H2. The van der Waals surface area contributed by atoms with E-state index in [9.17, 15) is 0 Å². The van der Waals surface area contributed by atoms with Crippen molar-refractivity contribution < 1.29 is 0 Å². The SMILES string of the molecule is ClCc1nnnn1CCC1CCC1. The van der Waals surface area contributed by atoms with Gasteiger partial charge in [0.25, 0.3) is 0 Å². The van der Waals surface area contributed by atoms with Crippen molar-refractivity contribution in [2.45, 2.75) is 38.1 Å². The molecule has 2 rings (SSSR count). The van der Waals surface area contributed by atoms with E-state index in [2.05, 4.69) is 15.5 Å². The van der Waals surface area contributed by atoms with E-state index >= 15 is 0 Å². The molecular weight excluding hydrogens is 188 g/mol.